The van der Waals surface area contributed by atoms with Gasteiger partial charge >= 0.3 is 0 Å². The first-order chi connectivity index (χ1) is 12.4. The second-order valence-electron chi connectivity index (χ2n) is 6.13. The molecular formula is C19H21N3O3S. The molecule has 0 bridgehead atoms. The van der Waals surface area contributed by atoms with Crippen LogP contribution in [0.4, 0.5) is 5.69 Å². The van der Waals surface area contributed by atoms with E-state index in [4.69, 9.17) is 0 Å². The van der Waals surface area contributed by atoms with E-state index in [-0.39, 0.29) is 16.6 Å². The monoisotopic (exact) mass is 371 g/mol. The molecule has 1 amide bonds. The largest absolute Gasteiger partial charge is 0.327 e. The Morgan fingerprint density at radius 1 is 1.12 bits per heavy atom. The number of hydrogen-bond acceptors (Lipinski definition) is 4. The third-order valence-electron chi connectivity index (χ3n) is 4.03. The SMILES string of the molecule is CCCn1c(CS(=O)(=O)c2ccc(NC(C)=O)cc2)nc2ccccc21. The van der Waals surface area contributed by atoms with E-state index in [1.807, 2.05) is 35.8 Å². The Morgan fingerprint density at radius 2 is 1.81 bits per heavy atom. The van der Waals surface area contributed by atoms with Gasteiger partial charge in [-0.25, -0.2) is 13.4 Å². The van der Waals surface area contributed by atoms with Crippen molar-refractivity contribution in [3.63, 3.8) is 0 Å². The molecule has 6 nitrogen and oxygen atoms in total. The molecule has 0 saturated carbocycles. The lowest BCUT2D eigenvalue weighted by Crippen LogP contribution is -2.11. The van der Waals surface area contributed by atoms with E-state index in [2.05, 4.69) is 10.3 Å². The van der Waals surface area contributed by atoms with E-state index in [1.54, 1.807) is 12.1 Å². The minimum Gasteiger partial charge on any atom is -0.327 e. The molecule has 3 rings (SSSR count). The van der Waals surface area contributed by atoms with Crippen LogP contribution in [0.2, 0.25) is 0 Å². The lowest BCUT2D eigenvalue weighted by molar-refractivity contribution is -0.114. The van der Waals surface area contributed by atoms with Crippen LogP contribution in [0, 0.1) is 0 Å². The molecule has 1 heterocycles. The smallest absolute Gasteiger partial charge is 0.221 e. The summed E-state index contributed by atoms with van der Waals surface area (Å²) < 4.78 is 27.6. The van der Waals surface area contributed by atoms with Gasteiger partial charge < -0.3 is 9.88 Å². The first kappa shape index (κ1) is 18.1. The molecule has 0 saturated heterocycles. The fourth-order valence-corrected chi connectivity index (χ4v) is 4.19. The minimum absolute atomic E-state index is 0.166. The molecule has 136 valence electrons. The number of carbonyl (C=O) groups is 1. The fraction of sp³-hybridized carbons (Fsp3) is 0.263. The number of anilines is 1. The predicted molar refractivity (Wildman–Crippen MR) is 102 cm³/mol. The van der Waals surface area contributed by atoms with Crippen molar-refractivity contribution in [1.29, 1.82) is 0 Å². The first-order valence-electron chi connectivity index (χ1n) is 8.45. The predicted octanol–water partition coefficient (Wildman–Crippen LogP) is 3.38. The van der Waals surface area contributed by atoms with Crippen LogP contribution in [0.15, 0.2) is 53.4 Å². The Hall–Kier alpha value is -2.67. The Morgan fingerprint density at radius 3 is 2.46 bits per heavy atom. The minimum atomic E-state index is -3.54. The number of rotatable bonds is 6. The van der Waals surface area contributed by atoms with Crippen LogP contribution in [-0.4, -0.2) is 23.9 Å². The number of aromatic nitrogens is 2. The summed E-state index contributed by atoms with van der Waals surface area (Å²) in [5, 5.41) is 2.63. The summed E-state index contributed by atoms with van der Waals surface area (Å²) in [6.07, 6.45) is 0.888. The summed E-state index contributed by atoms with van der Waals surface area (Å²) in [4.78, 5) is 15.8. The van der Waals surface area contributed by atoms with E-state index in [9.17, 15) is 13.2 Å². The number of para-hydroxylation sites is 2. The summed E-state index contributed by atoms with van der Waals surface area (Å²) in [5.41, 5.74) is 2.31. The zero-order chi connectivity index (χ0) is 18.7. The van der Waals surface area contributed by atoms with E-state index in [0.29, 0.717) is 18.1 Å². The lowest BCUT2D eigenvalue weighted by Gasteiger charge is -2.09. The molecule has 26 heavy (non-hydrogen) atoms. The standard InChI is InChI=1S/C19H21N3O3S/c1-3-12-22-18-7-5-4-6-17(18)21-19(22)13-26(24,25)16-10-8-15(9-11-16)20-14(2)23/h4-11H,3,12-13H2,1-2H3,(H,20,23). The Balaban J connectivity index is 1.93. The van der Waals surface area contributed by atoms with Gasteiger partial charge in [-0.3, -0.25) is 4.79 Å². The van der Waals surface area contributed by atoms with Crippen LogP contribution in [0.5, 0.6) is 0 Å². The van der Waals surface area contributed by atoms with Crippen molar-refractivity contribution in [3.8, 4) is 0 Å². The van der Waals surface area contributed by atoms with Gasteiger partial charge in [0, 0.05) is 19.2 Å². The summed E-state index contributed by atoms with van der Waals surface area (Å²) in [6, 6.07) is 13.9. The highest BCUT2D eigenvalue weighted by molar-refractivity contribution is 7.90. The normalized spacial score (nSPS) is 11.6. The van der Waals surface area contributed by atoms with Gasteiger partial charge in [-0.05, 0) is 42.8 Å². The van der Waals surface area contributed by atoms with Crippen molar-refractivity contribution in [2.24, 2.45) is 0 Å². The van der Waals surface area contributed by atoms with E-state index in [1.165, 1.54) is 19.1 Å². The highest BCUT2D eigenvalue weighted by atomic mass is 32.2. The molecule has 0 fully saturated rings. The van der Waals surface area contributed by atoms with Gasteiger partial charge in [0.2, 0.25) is 5.91 Å². The maximum atomic E-state index is 12.8. The van der Waals surface area contributed by atoms with Crippen molar-refractivity contribution >= 4 is 32.5 Å². The zero-order valence-electron chi connectivity index (χ0n) is 14.8. The average molecular weight is 371 g/mol. The lowest BCUT2D eigenvalue weighted by atomic mass is 10.3. The molecule has 1 N–H and O–H groups in total. The maximum absolute atomic E-state index is 12.8. The quantitative estimate of drug-likeness (QED) is 0.720. The van der Waals surface area contributed by atoms with Crippen molar-refractivity contribution in [2.45, 2.75) is 37.5 Å². The molecule has 0 aliphatic heterocycles. The number of aryl methyl sites for hydroxylation is 1. The zero-order valence-corrected chi connectivity index (χ0v) is 15.6. The molecule has 0 spiro atoms. The van der Waals surface area contributed by atoms with Crippen LogP contribution in [0.3, 0.4) is 0 Å². The second kappa shape index (κ2) is 7.29. The number of carbonyl (C=O) groups excluding carboxylic acids is 1. The number of nitrogens with one attached hydrogen (secondary N) is 1. The highest BCUT2D eigenvalue weighted by Gasteiger charge is 2.20. The van der Waals surface area contributed by atoms with Gasteiger partial charge in [-0.1, -0.05) is 19.1 Å². The second-order valence-corrected chi connectivity index (χ2v) is 8.12. The van der Waals surface area contributed by atoms with Crippen molar-refractivity contribution in [2.75, 3.05) is 5.32 Å². The highest BCUT2D eigenvalue weighted by Crippen LogP contribution is 2.22. The van der Waals surface area contributed by atoms with Gasteiger partial charge in [0.1, 0.15) is 11.6 Å². The first-order valence-corrected chi connectivity index (χ1v) is 10.1. The van der Waals surface area contributed by atoms with Gasteiger partial charge in [-0.15, -0.1) is 0 Å². The number of sulfone groups is 1. The molecule has 1 aromatic heterocycles. The summed E-state index contributed by atoms with van der Waals surface area (Å²) in [5.74, 6) is 0.175. The van der Waals surface area contributed by atoms with E-state index < -0.39 is 9.84 Å². The van der Waals surface area contributed by atoms with E-state index >= 15 is 0 Å². The number of imidazole rings is 1. The van der Waals surface area contributed by atoms with E-state index in [0.717, 1.165) is 17.5 Å². The van der Waals surface area contributed by atoms with Gasteiger partial charge in [-0.2, -0.15) is 0 Å². The number of benzene rings is 2. The number of hydrogen-bond donors (Lipinski definition) is 1. The average Bonchev–Trinajstić information content (AvgIpc) is 2.92. The van der Waals surface area contributed by atoms with Crippen LogP contribution < -0.4 is 5.32 Å². The molecule has 0 unspecified atom stereocenters. The summed E-state index contributed by atoms with van der Waals surface area (Å²) >= 11 is 0. The van der Waals surface area contributed by atoms with Crippen LogP contribution in [-0.2, 0) is 26.9 Å². The Bertz CT molecular complexity index is 1040. The number of nitrogens with zero attached hydrogens (tertiary/aromatic N) is 2. The molecular weight excluding hydrogens is 350 g/mol. The van der Waals surface area contributed by atoms with Crippen LogP contribution >= 0.6 is 0 Å². The summed E-state index contributed by atoms with van der Waals surface area (Å²) in [7, 11) is -3.54. The van der Waals surface area contributed by atoms with Crippen molar-refractivity contribution in [1.82, 2.24) is 9.55 Å². The molecule has 0 radical (unpaired) electrons. The van der Waals surface area contributed by atoms with Gasteiger partial charge in [0.15, 0.2) is 9.84 Å². The molecule has 0 aliphatic rings. The van der Waals surface area contributed by atoms with Gasteiger partial charge in [0.25, 0.3) is 0 Å². The van der Waals surface area contributed by atoms with Crippen molar-refractivity contribution < 1.29 is 13.2 Å². The molecule has 3 aromatic rings. The van der Waals surface area contributed by atoms with Gasteiger partial charge in [0.05, 0.1) is 15.9 Å². The fourth-order valence-electron chi connectivity index (χ4n) is 2.91. The molecule has 7 heteroatoms. The number of fused-ring (bicyclic) bond motifs is 1. The maximum Gasteiger partial charge on any atom is 0.221 e. The van der Waals surface area contributed by atoms with Crippen LogP contribution in [0.1, 0.15) is 26.1 Å². The van der Waals surface area contributed by atoms with Crippen molar-refractivity contribution in [3.05, 3.63) is 54.4 Å². The topological polar surface area (TPSA) is 81.1 Å². The summed E-state index contributed by atoms with van der Waals surface area (Å²) in [6.45, 7) is 4.17. The van der Waals surface area contributed by atoms with Crippen LogP contribution in [0.25, 0.3) is 11.0 Å². The third kappa shape index (κ3) is 3.77. The Kier molecular flexibility index (Phi) is 5.08. The molecule has 0 atom stereocenters. The Labute approximate surface area is 152 Å². The number of amides is 1. The molecule has 2 aromatic carbocycles. The molecule has 0 aliphatic carbocycles. The third-order valence-corrected chi connectivity index (χ3v) is 5.66.